The van der Waals surface area contributed by atoms with Crippen LogP contribution in [0.5, 0.6) is 0 Å². The van der Waals surface area contributed by atoms with Crippen LogP contribution in [-0.2, 0) is 4.79 Å². The quantitative estimate of drug-likeness (QED) is 0.605. The van der Waals surface area contributed by atoms with Crippen molar-refractivity contribution in [3.05, 3.63) is 0 Å². The molecule has 2 nitrogen and oxygen atoms in total. The zero-order valence-corrected chi connectivity index (χ0v) is 8.84. The van der Waals surface area contributed by atoms with Crippen LogP contribution in [0, 0.1) is 17.3 Å². The Morgan fingerprint density at radius 3 is 2.31 bits per heavy atom. The van der Waals surface area contributed by atoms with Gasteiger partial charge in [-0.25, -0.2) is 0 Å². The first-order chi connectivity index (χ1) is 6.02. The van der Waals surface area contributed by atoms with Gasteiger partial charge in [-0.1, -0.05) is 13.8 Å². The lowest BCUT2D eigenvalue weighted by Gasteiger charge is -2.60. The summed E-state index contributed by atoms with van der Waals surface area (Å²) in [5.41, 5.74) is 0.556. The Labute approximate surface area is 80.3 Å². The zero-order chi connectivity index (χ0) is 9.64. The van der Waals surface area contributed by atoms with Crippen LogP contribution in [0.4, 0.5) is 0 Å². The molecule has 0 aromatic carbocycles. The molecule has 74 valence electrons. The molecule has 2 heteroatoms. The average molecular weight is 181 g/mol. The van der Waals surface area contributed by atoms with Gasteiger partial charge in [0.1, 0.15) is 0 Å². The van der Waals surface area contributed by atoms with Crippen molar-refractivity contribution < 1.29 is 4.79 Å². The molecule has 1 amide bonds. The smallest absolute Gasteiger partial charge is 0.219 e. The van der Waals surface area contributed by atoms with Crippen LogP contribution in [-0.4, -0.2) is 23.9 Å². The Morgan fingerprint density at radius 1 is 1.38 bits per heavy atom. The Hall–Kier alpha value is -0.530. The predicted octanol–water partition coefficient (Wildman–Crippen LogP) is 1.90. The normalized spacial score (nSPS) is 26.0. The molecule has 0 aromatic rings. The van der Waals surface area contributed by atoms with E-state index in [4.69, 9.17) is 0 Å². The first-order valence-corrected chi connectivity index (χ1v) is 5.28. The first kappa shape index (κ1) is 9.04. The maximum absolute atomic E-state index is 11.0. The molecule has 1 aliphatic carbocycles. The van der Waals surface area contributed by atoms with Crippen molar-refractivity contribution in [1.29, 1.82) is 0 Å². The Balaban J connectivity index is 1.79. The second-order valence-corrected chi connectivity index (χ2v) is 5.29. The minimum atomic E-state index is 0.249. The van der Waals surface area contributed by atoms with Crippen molar-refractivity contribution in [1.82, 2.24) is 4.90 Å². The number of hydrogen-bond donors (Lipinski definition) is 0. The molecule has 1 saturated heterocycles. The highest BCUT2D eigenvalue weighted by Gasteiger charge is 2.53. The summed E-state index contributed by atoms with van der Waals surface area (Å²) in [6, 6.07) is 0. The van der Waals surface area contributed by atoms with E-state index in [0.29, 0.717) is 5.41 Å². The standard InChI is InChI=1S/C11H19NO/c1-8(2)10-4-11(5-10)6-12(7-11)9(3)13/h8,10H,4-7H2,1-3H3. The summed E-state index contributed by atoms with van der Waals surface area (Å²) < 4.78 is 0. The topological polar surface area (TPSA) is 20.3 Å². The van der Waals surface area contributed by atoms with E-state index in [2.05, 4.69) is 13.8 Å². The van der Waals surface area contributed by atoms with Gasteiger partial charge in [0.15, 0.2) is 0 Å². The molecule has 0 aromatic heterocycles. The maximum atomic E-state index is 11.0. The zero-order valence-electron chi connectivity index (χ0n) is 8.84. The first-order valence-electron chi connectivity index (χ1n) is 5.28. The second-order valence-electron chi connectivity index (χ2n) is 5.29. The molecule has 1 aliphatic heterocycles. The number of likely N-dealkylation sites (tertiary alicyclic amines) is 1. The van der Waals surface area contributed by atoms with E-state index in [0.717, 1.165) is 24.9 Å². The lowest BCUT2D eigenvalue weighted by atomic mass is 9.55. The van der Waals surface area contributed by atoms with Crippen LogP contribution in [0.1, 0.15) is 33.6 Å². The van der Waals surface area contributed by atoms with E-state index in [1.807, 2.05) is 4.90 Å². The van der Waals surface area contributed by atoms with Crippen molar-refractivity contribution in [3.8, 4) is 0 Å². The summed E-state index contributed by atoms with van der Waals surface area (Å²) in [5.74, 6) is 2.00. The van der Waals surface area contributed by atoms with Gasteiger partial charge < -0.3 is 4.90 Å². The van der Waals surface area contributed by atoms with Crippen LogP contribution in [0.25, 0.3) is 0 Å². The van der Waals surface area contributed by atoms with E-state index in [1.165, 1.54) is 12.8 Å². The summed E-state index contributed by atoms with van der Waals surface area (Å²) in [6.45, 7) is 8.35. The molecule has 2 rings (SSSR count). The number of hydrogen-bond acceptors (Lipinski definition) is 1. The van der Waals surface area contributed by atoms with Gasteiger partial charge in [-0.3, -0.25) is 4.79 Å². The number of carbonyl (C=O) groups is 1. The van der Waals surface area contributed by atoms with Gasteiger partial charge in [-0.2, -0.15) is 0 Å². The highest BCUT2D eigenvalue weighted by molar-refractivity contribution is 5.74. The molecule has 0 bridgehead atoms. The summed E-state index contributed by atoms with van der Waals surface area (Å²) in [4.78, 5) is 13.0. The van der Waals surface area contributed by atoms with Crippen LogP contribution in [0.15, 0.2) is 0 Å². The third kappa shape index (κ3) is 1.36. The summed E-state index contributed by atoms with van der Waals surface area (Å²) in [6.07, 6.45) is 2.71. The minimum Gasteiger partial charge on any atom is -0.342 e. The van der Waals surface area contributed by atoms with E-state index < -0.39 is 0 Å². The molecule has 0 radical (unpaired) electrons. The fourth-order valence-corrected chi connectivity index (χ4v) is 2.77. The fourth-order valence-electron chi connectivity index (χ4n) is 2.77. The van der Waals surface area contributed by atoms with E-state index in [9.17, 15) is 4.79 Å². The molecule has 1 saturated carbocycles. The molecule has 1 spiro atoms. The lowest BCUT2D eigenvalue weighted by molar-refractivity contribution is -0.155. The van der Waals surface area contributed by atoms with Gasteiger partial charge in [0.25, 0.3) is 0 Å². The summed E-state index contributed by atoms with van der Waals surface area (Å²) in [7, 11) is 0. The third-order valence-corrected chi connectivity index (χ3v) is 3.83. The molecule has 0 unspecified atom stereocenters. The third-order valence-electron chi connectivity index (χ3n) is 3.83. The SMILES string of the molecule is CC(=O)N1CC2(CC(C(C)C)C2)C1. The van der Waals surface area contributed by atoms with Gasteiger partial charge in [-0.05, 0) is 24.7 Å². The Kier molecular flexibility index (Phi) is 1.90. The Morgan fingerprint density at radius 2 is 1.92 bits per heavy atom. The van der Waals surface area contributed by atoms with Crippen molar-refractivity contribution in [2.24, 2.45) is 17.3 Å². The molecule has 0 atom stereocenters. The van der Waals surface area contributed by atoms with Crippen molar-refractivity contribution in [2.45, 2.75) is 33.6 Å². The molecule has 2 fully saturated rings. The van der Waals surface area contributed by atoms with Crippen LogP contribution in [0.2, 0.25) is 0 Å². The largest absolute Gasteiger partial charge is 0.342 e. The second kappa shape index (κ2) is 2.73. The van der Waals surface area contributed by atoms with Crippen LogP contribution in [0.3, 0.4) is 0 Å². The molecular formula is C11H19NO. The molecule has 0 N–H and O–H groups in total. The monoisotopic (exact) mass is 181 g/mol. The van der Waals surface area contributed by atoms with Gasteiger partial charge in [0.05, 0.1) is 0 Å². The van der Waals surface area contributed by atoms with E-state index in [1.54, 1.807) is 6.92 Å². The molecule has 1 heterocycles. The van der Waals surface area contributed by atoms with Crippen LogP contribution >= 0.6 is 0 Å². The number of nitrogens with zero attached hydrogens (tertiary/aromatic N) is 1. The highest BCUT2D eigenvalue weighted by Crippen LogP contribution is 2.54. The van der Waals surface area contributed by atoms with Crippen molar-refractivity contribution >= 4 is 5.91 Å². The van der Waals surface area contributed by atoms with Gasteiger partial charge in [-0.15, -0.1) is 0 Å². The van der Waals surface area contributed by atoms with Gasteiger partial charge in [0, 0.05) is 25.4 Å². The molecule has 13 heavy (non-hydrogen) atoms. The van der Waals surface area contributed by atoms with Gasteiger partial charge >= 0.3 is 0 Å². The Bertz CT molecular complexity index is 220. The number of amides is 1. The molecule has 2 aliphatic rings. The van der Waals surface area contributed by atoms with Crippen molar-refractivity contribution in [2.75, 3.05) is 13.1 Å². The highest BCUT2D eigenvalue weighted by atomic mass is 16.2. The predicted molar refractivity (Wildman–Crippen MR) is 52.2 cm³/mol. The van der Waals surface area contributed by atoms with Crippen LogP contribution < -0.4 is 0 Å². The fraction of sp³-hybridized carbons (Fsp3) is 0.909. The molecular weight excluding hydrogens is 162 g/mol. The van der Waals surface area contributed by atoms with E-state index in [-0.39, 0.29) is 5.91 Å². The van der Waals surface area contributed by atoms with E-state index >= 15 is 0 Å². The lowest BCUT2D eigenvalue weighted by Crippen LogP contribution is -2.63. The summed E-state index contributed by atoms with van der Waals surface area (Å²) in [5, 5.41) is 0. The summed E-state index contributed by atoms with van der Waals surface area (Å²) >= 11 is 0. The average Bonchev–Trinajstić information content (AvgIpc) is 1.78. The van der Waals surface area contributed by atoms with Crippen molar-refractivity contribution in [3.63, 3.8) is 0 Å². The number of carbonyl (C=O) groups excluding carboxylic acids is 1. The van der Waals surface area contributed by atoms with Gasteiger partial charge in [0.2, 0.25) is 5.91 Å². The maximum Gasteiger partial charge on any atom is 0.219 e. The number of rotatable bonds is 1. The minimum absolute atomic E-state index is 0.249.